The van der Waals surface area contributed by atoms with Gasteiger partial charge in [0.25, 0.3) is 0 Å². The highest BCUT2D eigenvalue weighted by atomic mass is 16.3. The number of aromatic hydroxyl groups is 1. The van der Waals surface area contributed by atoms with E-state index in [0.717, 1.165) is 24.2 Å². The van der Waals surface area contributed by atoms with Crippen molar-refractivity contribution >= 4 is 11.6 Å². The third-order valence-electron chi connectivity index (χ3n) is 2.34. The Balaban J connectivity index is 2.44. The molecule has 0 aliphatic carbocycles. The molecule has 0 radical (unpaired) electrons. The summed E-state index contributed by atoms with van der Waals surface area (Å²) < 4.78 is 0. The first-order valence-electron chi connectivity index (χ1n) is 4.28. The monoisotopic (exact) mass is 177 g/mol. The van der Waals surface area contributed by atoms with Gasteiger partial charge in [0.1, 0.15) is 5.75 Å². The van der Waals surface area contributed by atoms with Crippen LogP contribution < -0.4 is 4.90 Å². The summed E-state index contributed by atoms with van der Waals surface area (Å²) in [4.78, 5) is 12.9. The fourth-order valence-electron chi connectivity index (χ4n) is 1.72. The largest absolute Gasteiger partial charge is 0.508 e. The van der Waals surface area contributed by atoms with Gasteiger partial charge in [0, 0.05) is 19.2 Å². The summed E-state index contributed by atoms with van der Waals surface area (Å²) in [6.45, 7) is 2.29. The van der Waals surface area contributed by atoms with Crippen LogP contribution in [0.5, 0.6) is 5.75 Å². The molecule has 13 heavy (non-hydrogen) atoms. The molecule has 0 atom stereocenters. The molecule has 1 aromatic rings. The van der Waals surface area contributed by atoms with Gasteiger partial charge < -0.3 is 10.0 Å². The lowest BCUT2D eigenvalue weighted by atomic mass is 10.1. The number of nitrogens with zero attached hydrogens (tertiary/aromatic N) is 1. The van der Waals surface area contributed by atoms with Gasteiger partial charge in [0.2, 0.25) is 5.91 Å². The van der Waals surface area contributed by atoms with Crippen LogP contribution in [0.25, 0.3) is 0 Å². The molecule has 1 aliphatic rings. The van der Waals surface area contributed by atoms with E-state index in [2.05, 4.69) is 0 Å². The molecule has 0 spiro atoms. The highest BCUT2D eigenvalue weighted by Crippen LogP contribution is 2.30. The maximum atomic E-state index is 11.2. The van der Waals surface area contributed by atoms with Gasteiger partial charge in [-0.05, 0) is 30.2 Å². The Morgan fingerprint density at radius 3 is 3.00 bits per heavy atom. The molecule has 0 bridgehead atoms. The van der Waals surface area contributed by atoms with Crippen LogP contribution in [0, 0.1) is 0 Å². The number of fused-ring (bicyclic) bond motifs is 1. The second-order valence-electron chi connectivity index (χ2n) is 3.23. The Morgan fingerprint density at radius 2 is 2.31 bits per heavy atom. The second kappa shape index (κ2) is 2.76. The molecule has 1 aromatic carbocycles. The Morgan fingerprint density at radius 1 is 1.54 bits per heavy atom. The molecular weight excluding hydrogens is 166 g/mol. The minimum atomic E-state index is 0.0597. The molecule has 0 unspecified atom stereocenters. The number of phenolic OH excluding ortho intramolecular Hbond substituents is 1. The number of anilines is 1. The predicted molar refractivity (Wildman–Crippen MR) is 49.8 cm³/mol. The standard InChI is InChI=1S/C10H11NO2/c1-7(12)11-5-4-8-6-9(13)2-3-10(8)11/h2-3,6,13H,4-5H2,1H3. The second-order valence-corrected chi connectivity index (χ2v) is 3.23. The van der Waals surface area contributed by atoms with Gasteiger partial charge >= 0.3 is 0 Å². The van der Waals surface area contributed by atoms with E-state index in [1.807, 2.05) is 0 Å². The quantitative estimate of drug-likeness (QED) is 0.649. The van der Waals surface area contributed by atoms with Crippen molar-refractivity contribution in [1.82, 2.24) is 0 Å². The summed E-state index contributed by atoms with van der Waals surface area (Å²) in [5.74, 6) is 0.327. The molecule has 0 aromatic heterocycles. The number of phenols is 1. The average Bonchev–Trinajstić information content (AvgIpc) is 2.46. The van der Waals surface area contributed by atoms with Crippen molar-refractivity contribution in [2.24, 2.45) is 0 Å². The van der Waals surface area contributed by atoms with Crippen LogP contribution in [-0.4, -0.2) is 17.6 Å². The summed E-state index contributed by atoms with van der Waals surface area (Å²) in [6.07, 6.45) is 0.837. The summed E-state index contributed by atoms with van der Waals surface area (Å²) in [6, 6.07) is 5.12. The highest BCUT2D eigenvalue weighted by molar-refractivity contribution is 5.93. The molecule has 1 N–H and O–H groups in total. The number of carbonyl (C=O) groups excluding carboxylic acids is 1. The summed E-state index contributed by atoms with van der Waals surface area (Å²) in [7, 11) is 0. The molecular formula is C10H11NO2. The van der Waals surface area contributed by atoms with E-state index in [1.165, 1.54) is 0 Å². The third-order valence-corrected chi connectivity index (χ3v) is 2.34. The molecule has 1 heterocycles. The van der Waals surface area contributed by atoms with Gasteiger partial charge in [-0.2, -0.15) is 0 Å². The molecule has 2 rings (SSSR count). The average molecular weight is 177 g/mol. The van der Waals surface area contributed by atoms with Crippen LogP contribution in [0.15, 0.2) is 18.2 Å². The van der Waals surface area contributed by atoms with Crippen molar-refractivity contribution in [3.8, 4) is 5.75 Å². The van der Waals surface area contributed by atoms with Gasteiger partial charge in [-0.3, -0.25) is 4.79 Å². The van der Waals surface area contributed by atoms with E-state index in [-0.39, 0.29) is 11.7 Å². The van der Waals surface area contributed by atoms with Crippen LogP contribution in [0.4, 0.5) is 5.69 Å². The number of benzene rings is 1. The van der Waals surface area contributed by atoms with E-state index >= 15 is 0 Å². The summed E-state index contributed by atoms with van der Waals surface area (Å²) >= 11 is 0. The fourth-order valence-corrected chi connectivity index (χ4v) is 1.72. The predicted octanol–water partition coefficient (Wildman–Crippen LogP) is 1.30. The Kier molecular flexibility index (Phi) is 1.72. The summed E-state index contributed by atoms with van der Waals surface area (Å²) in [5.41, 5.74) is 1.99. The molecule has 68 valence electrons. The number of carbonyl (C=O) groups is 1. The summed E-state index contributed by atoms with van der Waals surface area (Å²) in [5, 5.41) is 9.22. The molecule has 0 saturated carbocycles. The maximum absolute atomic E-state index is 11.2. The molecule has 1 aliphatic heterocycles. The van der Waals surface area contributed by atoms with Crippen molar-refractivity contribution in [2.45, 2.75) is 13.3 Å². The first-order chi connectivity index (χ1) is 6.18. The van der Waals surface area contributed by atoms with Crippen LogP contribution >= 0.6 is 0 Å². The smallest absolute Gasteiger partial charge is 0.223 e. The molecule has 3 heteroatoms. The van der Waals surface area contributed by atoms with Crippen molar-refractivity contribution in [2.75, 3.05) is 11.4 Å². The highest BCUT2D eigenvalue weighted by Gasteiger charge is 2.21. The van der Waals surface area contributed by atoms with Crippen molar-refractivity contribution in [1.29, 1.82) is 0 Å². The Hall–Kier alpha value is -1.51. The molecule has 1 amide bonds. The van der Waals surface area contributed by atoms with E-state index in [1.54, 1.807) is 30.0 Å². The van der Waals surface area contributed by atoms with Gasteiger partial charge in [-0.15, -0.1) is 0 Å². The number of hydrogen-bond donors (Lipinski definition) is 1. The van der Waals surface area contributed by atoms with Crippen LogP contribution in [0.2, 0.25) is 0 Å². The van der Waals surface area contributed by atoms with E-state index in [9.17, 15) is 9.90 Å². The molecule has 0 saturated heterocycles. The van der Waals surface area contributed by atoms with Crippen molar-refractivity contribution < 1.29 is 9.90 Å². The van der Waals surface area contributed by atoms with Crippen molar-refractivity contribution in [3.63, 3.8) is 0 Å². The lowest BCUT2D eigenvalue weighted by molar-refractivity contribution is -0.116. The minimum absolute atomic E-state index is 0.0597. The van der Waals surface area contributed by atoms with Crippen LogP contribution in [0.1, 0.15) is 12.5 Å². The fraction of sp³-hybridized carbons (Fsp3) is 0.300. The number of hydrogen-bond acceptors (Lipinski definition) is 2. The topological polar surface area (TPSA) is 40.5 Å². The van der Waals surface area contributed by atoms with Crippen LogP contribution in [-0.2, 0) is 11.2 Å². The van der Waals surface area contributed by atoms with Crippen LogP contribution in [0.3, 0.4) is 0 Å². The van der Waals surface area contributed by atoms with E-state index < -0.39 is 0 Å². The zero-order chi connectivity index (χ0) is 9.42. The third kappa shape index (κ3) is 1.26. The lowest BCUT2D eigenvalue weighted by Gasteiger charge is -2.14. The van der Waals surface area contributed by atoms with Gasteiger partial charge in [-0.1, -0.05) is 0 Å². The van der Waals surface area contributed by atoms with E-state index in [4.69, 9.17) is 0 Å². The maximum Gasteiger partial charge on any atom is 0.223 e. The zero-order valence-electron chi connectivity index (χ0n) is 7.45. The normalized spacial score (nSPS) is 14.4. The number of amides is 1. The molecule has 3 nitrogen and oxygen atoms in total. The minimum Gasteiger partial charge on any atom is -0.508 e. The van der Waals surface area contributed by atoms with E-state index in [0.29, 0.717) is 0 Å². The number of rotatable bonds is 0. The van der Waals surface area contributed by atoms with Gasteiger partial charge in [0.15, 0.2) is 0 Å². The zero-order valence-corrected chi connectivity index (χ0v) is 7.45. The SMILES string of the molecule is CC(=O)N1CCc2cc(O)ccc21. The van der Waals surface area contributed by atoms with Crippen molar-refractivity contribution in [3.05, 3.63) is 23.8 Å². The molecule has 0 fully saturated rings. The first kappa shape index (κ1) is 8.10. The lowest BCUT2D eigenvalue weighted by Crippen LogP contribution is -2.25. The van der Waals surface area contributed by atoms with Gasteiger partial charge in [-0.25, -0.2) is 0 Å². The Bertz CT molecular complexity index is 360. The van der Waals surface area contributed by atoms with Gasteiger partial charge in [0.05, 0.1) is 0 Å². The Labute approximate surface area is 76.6 Å². The first-order valence-corrected chi connectivity index (χ1v) is 4.28.